The number of carbonyl (C=O) groups excluding carboxylic acids is 1. The van der Waals surface area contributed by atoms with E-state index in [2.05, 4.69) is 20.6 Å². The summed E-state index contributed by atoms with van der Waals surface area (Å²) in [6.07, 6.45) is 0.510. The van der Waals surface area contributed by atoms with E-state index >= 15 is 0 Å². The first kappa shape index (κ1) is 18.2. The lowest BCUT2D eigenvalue weighted by Gasteiger charge is -2.34. The second-order valence-corrected chi connectivity index (χ2v) is 6.74. The van der Waals surface area contributed by atoms with E-state index in [9.17, 15) is 14.9 Å². The predicted octanol–water partition coefficient (Wildman–Crippen LogP) is 0.503. The molecule has 1 N–H and O–H groups in total. The van der Waals surface area contributed by atoms with Gasteiger partial charge in [0.1, 0.15) is 11.2 Å². The number of nitrogens with zero attached hydrogens (tertiary/aromatic N) is 7. The molecule has 0 aliphatic carbocycles. The Morgan fingerprint density at radius 1 is 1.38 bits per heavy atom. The van der Waals surface area contributed by atoms with Crippen LogP contribution in [0.3, 0.4) is 0 Å². The highest BCUT2D eigenvalue weighted by Crippen LogP contribution is 2.32. The van der Waals surface area contributed by atoms with Crippen LogP contribution in [0, 0.1) is 10.1 Å². The van der Waals surface area contributed by atoms with Gasteiger partial charge >= 0.3 is 5.69 Å². The van der Waals surface area contributed by atoms with Crippen LogP contribution in [0.2, 0.25) is 0 Å². The van der Waals surface area contributed by atoms with Gasteiger partial charge in [0.25, 0.3) is 0 Å². The molecule has 140 valence electrons. The van der Waals surface area contributed by atoms with E-state index in [-0.39, 0.29) is 23.1 Å². The normalized spacial score (nSPS) is 15.2. The number of nitrogens with one attached hydrogen (secondary N) is 1. The van der Waals surface area contributed by atoms with Crippen LogP contribution < -0.4 is 10.2 Å². The second-order valence-electron chi connectivity index (χ2n) is 5.91. The highest BCUT2D eigenvalue weighted by Gasteiger charge is 2.31. The Bertz CT molecular complexity index is 782. The third-order valence-corrected chi connectivity index (χ3v) is 4.83. The minimum atomic E-state index is -0.358. The number of rotatable bonds is 6. The SMILES string of the molecule is CCc1nn(C)c(N2CCN(CC(=O)Nc3nncs3)CC2)c1[N+](=O)[O-]. The van der Waals surface area contributed by atoms with Gasteiger partial charge in [-0.25, -0.2) is 4.68 Å². The zero-order chi connectivity index (χ0) is 18.7. The first-order valence-electron chi connectivity index (χ1n) is 8.23. The van der Waals surface area contributed by atoms with E-state index in [0.717, 1.165) is 0 Å². The Kier molecular flexibility index (Phi) is 5.42. The van der Waals surface area contributed by atoms with Gasteiger partial charge in [0.15, 0.2) is 0 Å². The predicted molar refractivity (Wildman–Crippen MR) is 96.4 cm³/mol. The third kappa shape index (κ3) is 3.80. The minimum Gasteiger partial charge on any atom is -0.349 e. The molecule has 12 heteroatoms. The van der Waals surface area contributed by atoms with Crippen LogP contribution in [0.25, 0.3) is 0 Å². The molecule has 1 saturated heterocycles. The van der Waals surface area contributed by atoms with Crippen molar-refractivity contribution in [2.75, 3.05) is 42.9 Å². The molecule has 1 aliphatic rings. The van der Waals surface area contributed by atoms with Crippen LogP contribution in [-0.4, -0.2) is 68.4 Å². The van der Waals surface area contributed by atoms with Gasteiger partial charge in [-0.15, -0.1) is 10.2 Å². The standard InChI is InChI=1S/C14H20N8O3S/c1-3-10-12(22(24)25)13(19(2)18-10)21-6-4-20(5-7-21)8-11(23)16-14-17-15-9-26-14/h9H,3-8H2,1-2H3,(H,16,17,23). The molecule has 2 aromatic heterocycles. The number of carbonyl (C=O) groups is 1. The van der Waals surface area contributed by atoms with Crippen molar-refractivity contribution in [3.8, 4) is 0 Å². The van der Waals surface area contributed by atoms with Crippen molar-refractivity contribution in [3.63, 3.8) is 0 Å². The summed E-state index contributed by atoms with van der Waals surface area (Å²) < 4.78 is 1.58. The molecule has 11 nitrogen and oxygen atoms in total. The van der Waals surface area contributed by atoms with E-state index in [4.69, 9.17) is 0 Å². The number of aryl methyl sites for hydroxylation is 2. The van der Waals surface area contributed by atoms with Crippen molar-refractivity contribution >= 4 is 33.9 Å². The first-order chi connectivity index (χ1) is 12.5. The smallest absolute Gasteiger partial charge is 0.334 e. The number of piperazine rings is 1. The lowest BCUT2D eigenvalue weighted by Crippen LogP contribution is -2.49. The molecule has 0 spiro atoms. The Labute approximate surface area is 153 Å². The maximum atomic E-state index is 12.0. The number of aromatic nitrogens is 4. The minimum absolute atomic E-state index is 0.0810. The summed E-state index contributed by atoms with van der Waals surface area (Å²) >= 11 is 1.27. The van der Waals surface area contributed by atoms with Crippen molar-refractivity contribution in [2.45, 2.75) is 13.3 Å². The van der Waals surface area contributed by atoms with Gasteiger partial charge in [0, 0.05) is 33.2 Å². The van der Waals surface area contributed by atoms with E-state index < -0.39 is 0 Å². The van der Waals surface area contributed by atoms with Crippen LogP contribution in [0.4, 0.5) is 16.6 Å². The van der Waals surface area contributed by atoms with E-state index in [1.54, 1.807) is 17.2 Å². The molecule has 0 radical (unpaired) electrons. The molecule has 0 unspecified atom stereocenters. The zero-order valence-corrected chi connectivity index (χ0v) is 15.4. The summed E-state index contributed by atoms with van der Waals surface area (Å²) in [7, 11) is 1.73. The molecule has 0 atom stereocenters. The fourth-order valence-electron chi connectivity index (χ4n) is 3.04. The molecule has 0 bridgehead atoms. The van der Waals surface area contributed by atoms with Gasteiger partial charge in [-0.05, 0) is 6.42 Å². The van der Waals surface area contributed by atoms with Gasteiger partial charge in [-0.3, -0.25) is 25.1 Å². The van der Waals surface area contributed by atoms with Gasteiger partial charge < -0.3 is 4.90 Å². The lowest BCUT2D eigenvalue weighted by atomic mass is 10.2. The average molecular weight is 380 g/mol. The largest absolute Gasteiger partial charge is 0.349 e. The molecular formula is C14H20N8O3S. The van der Waals surface area contributed by atoms with Gasteiger partial charge in [-0.1, -0.05) is 18.3 Å². The van der Waals surface area contributed by atoms with Gasteiger partial charge in [0.2, 0.25) is 16.9 Å². The maximum Gasteiger partial charge on any atom is 0.334 e. The molecule has 3 rings (SSSR count). The molecule has 3 heterocycles. The monoisotopic (exact) mass is 380 g/mol. The molecule has 2 aromatic rings. The van der Waals surface area contributed by atoms with Crippen molar-refractivity contribution < 1.29 is 9.72 Å². The molecule has 1 aliphatic heterocycles. The van der Waals surface area contributed by atoms with Crippen LogP contribution in [0.15, 0.2) is 5.51 Å². The molecule has 0 aromatic carbocycles. The van der Waals surface area contributed by atoms with Crippen LogP contribution >= 0.6 is 11.3 Å². The van der Waals surface area contributed by atoms with Gasteiger partial charge in [-0.2, -0.15) is 5.10 Å². The molecule has 1 amide bonds. The first-order valence-corrected chi connectivity index (χ1v) is 9.11. The Morgan fingerprint density at radius 3 is 2.69 bits per heavy atom. The van der Waals surface area contributed by atoms with Crippen LogP contribution in [-0.2, 0) is 18.3 Å². The summed E-state index contributed by atoms with van der Waals surface area (Å²) in [5.41, 5.74) is 2.13. The molecule has 26 heavy (non-hydrogen) atoms. The number of hydrogen-bond donors (Lipinski definition) is 1. The topological polar surface area (TPSA) is 122 Å². The fraction of sp³-hybridized carbons (Fsp3) is 0.571. The van der Waals surface area contributed by atoms with Crippen molar-refractivity contribution in [3.05, 3.63) is 21.3 Å². The molecular weight excluding hydrogens is 360 g/mol. The number of hydrogen-bond acceptors (Lipinski definition) is 9. The molecule has 0 saturated carbocycles. The summed E-state index contributed by atoms with van der Waals surface area (Å²) in [5.74, 6) is 0.389. The van der Waals surface area contributed by atoms with Crippen molar-refractivity contribution in [2.24, 2.45) is 7.05 Å². The summed E-state index contributed by atoms with van der Waals surface area (Å²) in [4.78, 5) is 27.1. The molecule has 1 fully saturated rings. The van der Waals surface area contributed by atoms with E-state index in [0.29, 0.717) is 49.2 Å². The number of anilines is 2. The Morgan fingerprint density at radius 2 is 2.12 bits per heavy atom. The third-order valence-electron chi connectivity index (χ3n) is 4.23. The van der Waals surface area contributed by atoms with Crippen molar-refractivity contribution in [1.29, 1.82) is 0 Å². The Balaban J connectivity index is 1.61. The highest BCUT2D eigenvalue weighted by atomic mass is 32.1. The van der Waals surface area contributed by atoms with E-state index in [1.165, 1.54) is 11.3 Å². The fourth-order valence-corrected chi connectivity index (χ4v) is 3.51. The number of amides is 1. The Hall–Kier alpha value is -2.60. The second kappa shape index (κ2) is 7.74. The summed E-state index contributed by atoms with van der Waals surface area (Å²) in [6, 6.07) is 0. The van der Waals surface area contributed by atoms with Crippen molar-refractivity contribution in [1.82, 2.24) is 24.9 Å². The van der Waals surface area contributed by atoms with Crippen LogP contribution in [0.5, 0.6) is 0 Å². The van der Waals surface area contributed by atoms with Gasteiger partial charge in [0.05, 0.1) is 11.5 Å². The summed E-state index contributed by atoms with van der Waals surface area (Å²) in [6.45, 7) is 4.56. The van der Waals surface area contributed by atoms with Crippen LogP contribution in [0.1, 0.15) is 12.6 Å². The number of nitro groups is 1. The van der Waals surface area contributed by atoms with E-state index in [1.807, 2.05) is 16.7 Å². The lowest BCUT2D eigenvalue weighted by molar-refractivity contribution is -0.384. The summed E-state index contributed by atoms with van der Waals surface area (Å²) in [5, 5.41) is 26.4. The zero-order valence-electron chi connectivity index (χ0n) is 14.6. The quantitative estimate of drug-likeness (QED) is 0.568. The average Bonchev–Trinajstić information content (AvgIpc) is 3.22. The maximum absolute atomic E-state index is 12.0. The highest BCUT2D eigenvalue weighted by molar-refractivity contribution is 7.13.